The number of aliphatic hydroxyl groups is 1. The number of aromatic nitrogens is 1. The number of hydrogen-bond acceptors (Lipinski definition) is 3. The summed E-state index contributed by atoms with van der Waals surface area (Å²) in [6, 6.07) is 0. The molecule has 2 unspecified atom stereocenters. The van der Waals surface area contributed by atoms with Crippen LogP contribution >= 0.6 is 11.3 Å². The predicted octanol–water partition coefficient (Wildman–Crippen LogP) is 4.81. The molecule has 0 fully saturated rings. The summed E-state index contributed by atoms with van der Waals surface area (Å²) >= 11 is 1.67. The van der Waals surface area contributed by atoms with Gasteiger partial charge >= 0.3 is 0 Å². The molecular formula is C17H31NOS. The molecule has 2 nitrogen and oxygen atoms in total. The molecule has 0 aromatic carbocycles. The van der Waals surface area contributed by atoms with Crippen LogP contribution in [0.25, 0.3) is 0 Å². The summed E-state index contributed by atoms with van der Waals surface area (Å²) in [5.41, 5.74) is 1.56. The molecule has 0 saturated heterocycles. The molecular weight excluding hydrogens is 266 g/mol. The van der Waals surface area contributed by atoms with E-state index in [1.54, 1.807) is 11.3 Å². The Bertz CT molecular complexity index is 411. The van der Waals surface area contributed by atoms with Crippen LogP contribution in [0.4, 0.5) is 0 Å². The lowest BCUT2D eigenvalue weighted by atomic mass is 9.83. The molecule has 0 aliphatic heterocycles. The van der Waals surface area contributed by atoms with Crippen LogP contribution in [-0.4, -0.2) is 16.2 Å². The first-order valence-corrected chi connectivity index (χ1v) is 8.48. The second-order valence-electron chi connectivity index (χ2n) is 8.34. The molecule has 0 bridgehead atoms. The summed E-state index contributed by atoms with van der Waals surface area (Å²) < 4.78 is 0. The summed E-state index contributed by atoms with van der Waals surface area (Å²) in [6.45, 7) is 15.5. The first kappa shape index (κ1) is 17.6. The molecule has 1 aromatic rings. The SMILES string of the molecule is CC(CC(O)Cc1nc(C(C)(C)C)cs1)CC(C)(C)C. The van der Waals surface area contributed by atoms with E-state index in [1.165, 1.54) is 0 Å². The Hall–Kier alpha value is -0.410. The van der Waals surface area contributed by atoms with Crippen LogP contribution in [0.3, 0.4) is 0 Å². The maximum Gasteiger partial charge on any atom is 0.0954 e. The van der Waals surface area contributed by atoms with Crippen molar-refractivity contribution < 1.29 is 5.11 Å². The van der Waals surface area contributed by atoms with Gasteiger partial charge < -0.3 is 5.11 Å². The van der Waals surface area contributed by atoms with Crippen LogP contribution in [0, 0.1) is 11.3 Å². The third-order valence-corrected chi connectivity index (χ3v) is 4.24. The zero-order valence-electron chi connectivity index (χ0n) is 14.2. The number of thiazole rings is 1. The maximum absolute atomic E-state index is 10.2. The van der Waals surface area contributed by atoms with E-state index in [9.17, 15) is 5.11 Å². The lowest BCUT2D eigenvalue weighted by Gasteiger charge is -2.24. The molecule has 0 aliphatic carbocycles. The van der Waals surface area contributed by atoms with E-state index in [0.29, 0.717) is 17.8 Å². The van der Waals surface area contributed by atoms with E-state index < -0.39 is 0 Å². The summed E-state index contributed by atoms with van der Waals surface area (Å²) in [6.07, 6.45) is 2.43. The Balaban J connectivity index is 2.50. The van der Waals surface area contributed by atoms with E-state index in [0.717, 1.165) is 23.5 Å². The van der Waals surface area contributed by atoms with Gasteiger partial charge in [0.1, 0.15) is 0 Å². The van der Waals surface area contributed by atoms with Crippen LogP contribution in [0.2, 0.25) is 0 Å². The second kappa shape index (κ2) is 6.57. The minimum Gasteiger partial charge on any atom is -0.393 e. The largest absolute Gasteiger partial charge is 0.393 e. The highest BCUT2D eigenvalue weighted by molar-refractivity contribution is 7.09. The van der Waals surface area contributed by atoms with E-state index in [2.05, 4.69) is 58.8 Å². The Labute approximate surface area is 128 Å². The van der Waals surface area contributed by atoms with Gasteiger partial charge in [-0.1, -0.05) is 48.5 Å². The van der Waals surface area contributed by atoms with E-state index in [-0.39, 0.29) is 11.5 Å². The molecule has 0 radical (unpaired) electrons. The average molecular weight is 298 g/mol. The molecule has 3 heteroatoms. The Morgan fingerprint density at radius 2 is 1.80 bits per heavy atom. The Kier molecular flexibility index (Phi) is 5.79. The monoisotopic (exact) mass is 297 g/mol. The van der Waals surface area contributed by atoms with Crippen molar-refractivity contribution in [2.75, 3.05) is 0 Å². The standard InChI is InChI=1S/C17H31NOS/c1-12(10-16(2,3)4)8-13(19)9-15-18-14(11-20-15)17(5,6)7/h11-13,19H,8-10H2,1-7H3. The fourth-order valence-corrected chi connectivity index (χ4v) is 3.72. The summed E-state index contributed by atoms with van der Waals surface area (Å²) in [5, 5.41) is 13.4. The van der Waals surface area contributed by atoms with Gasteiger partial charge in [0, 0.05) is 17.2 Å². The van der Waals surface area contributed by atoms with E-state index >= 15 is 0 Å². The highest BCUT2D eigenvalue weighted by Crippen LogP contribution is 2.28. The van der Waals surface area contributed by atoms with E-state index in [4.69, 9.17) is 0 Å². The summed E-state index contributed by atoms with van der Waals surface area (Å²) in [4.78, 5) is 4.66. The summed E-state index contributed by atoms with van der Waals surface area (Å²) in [5.74, 6) is 0.548. The van der Waals surface area contributed by atoms with Gasteiger partial charge in [-0.05, 0) is 24.2 Å². The maximum atomic E-state index is 10.2. The van der Waals surface area contributed by atoms with Crippen molar-refractivity contribution in [3.63, 3.8) is 0 Å². The lowest BCUT2D eigenvalue weighted by molar-refractivity contribution is 0.132. The number of aliphatic hydroxyl groups excluding tert-OH is 1. The smallest absolute Gasteiger partial charge is 0.0954 e. The Morgan fingerprint density at radius 3 is 2.25 bits per heavy atom. The molecule has 0 amide bonds. The zero-order chi connectivity index (χ0) is 15.6. The van der Waals surface area contributed by atoms with Gasteiger partial charge in [-0.3, -0.25) is 0 Å². The van der Waals surface area contributed by atoms with Crippen molar-refractivity contribution in [1.82, 2.24) is 4.98 Å². The van der Waals surface area contributed by atoms with Crippen molar-refractivity contribution in [3.05, 3.63) is 16.1 Å². The third-order valence-electron chi connectivity index (χ3n) is 3.37. The number of rotatable bonds is 5. The Morgan fingerprint density at radius 1 is 1.20 bits per heavy atom. The second-order valence-corrected chi connectivity index (χ2v) is 9.28. The highest BCUT2D eigenvalue weighted by atomic mass is 32.1. The molecule has 0 aliphatic rings. The normalized spacial score (nSPS) is 16.2. The molecule has 1 N–H and O–H groups in total. The zero-order valence-corrected chi connectivity index (χ0v) is 15.0. The molecule has 116 valence electrons. The van der Waals surface area contributed by atoms with Crippen LogP contribution in [-0.2, 0) is 11.8 Å². The fraction of sp³-hybridized carbons (Fsp3) is 0.824. The van der Waals surface area contributed by atoms with Gasteiger partial charge in [-0.2, -0.15) is 0 Å². The van der Waals surface area contributed by atoms with Crippen molar-refractivity contribution >= 4 is 11.3 Å². The van der Waals surface area contributed by atoms with Gasteiger partial charge in [0.2, 0.25) is 0 Å². The summed E-state index contributed by atoms with van der Waals surface area (Å²) in [7, 11) is 0. The van der Waals surface area contributed by atoms with Crippen LogP contribution in [0.1, 0.15) is 72.0 Å². The fourth-order valence-electron chi connectivity index (χ4n) is 2.63. The molecule has 20 heavy (non-hydrogen) atoms. The first-order valence-electron chi connectivity index (χ1n) is 7.60. The van der Waals surface area contributed by atoms with Gasteiger partial charge in [0.05, 0.1) is 16.8 Å². The molecule has 1 heterocycles. The highest BCUT2D eigenvalue weighted by Gasteiger charge is 2.21. The molecule has 1 aromatic heterocycles. The van der Waals surface area contributed by atoms with Crippen LogP contribution < -0.4 is 0 Å². The van der Waals surface area contributed by atoms with Crippen LogP contribution in [0.15, 0.2) is 5.38 Å². The third kappa shape index (κ3) is 6.36. The van der Waals surface area contributed by atoms with E-state index in [1.807, 2.05) is 0 Å². The molecule has 2 atom stereocenters. The quantitative estimate of drug-likeness (QED) is 0.846. The van der Waals surface area contributed by atoms with Crippen molar-refractivity contribution in [2.45, 2.75) is 79.2 Å². The average Bonchev–Trinajstić information content (AvgIpc) is 2.61. The van der Waals surface area contributed by atoms with Crippen molar-refractivity contribution in [1.29, 1.82) is 0 Å². The van der Waals surface area contributed by atoms with Crippen LogP contribution in [0.5, 0.6) is 0 Å². The number of nitrogens with zero attached hydrogens (tertiary/aromatic N) is 1. The first-order chi connectivity index (χ1) is 8.97. The number of hydrogen-bond donors (Lipinski definition) is 1. The lowest BCUT2D eigenvalue weighted by Crippen LogP contribution is -2.19. The minimum atomic E-state index is -0.272. The van der Waals surface area contributed by atoms with Gasteiger partial charge in [-0.25, -0.2) is 4.98 Å². The van der Waals surface area contributed by atoms with Gasteiger partial charge in [0.25, 0.3) is 0 Å². The predicted molar refractivity (Wildman–Crippen MR) is 88.4 cm³/mol. The van der Waals surface area contributed by atoms with Gasteiger partial charge in [0.15, 0.2) is 0 Å². The molecule has 0 spiro atoms. The van der Waals surface area contributed by atoms with Gasteiger partial charge in [-0.15, -0.1) is 11.3 Å². The molecule has 0 saturated carbocycles. The van der Waals surface area contributed by atoms with Crippen molar-refractivity contribution in [2.24, 2.45) is 11.3 Å². The minimum absolute atomic E-state index is 0.0965. The molecule has 1 rings (SSSR count). The van der Waals surface area contributed by atoms with Crippen molar-refractivity contribution in [3.8, 4) is 0 Å². The topological polar surface area (TPSA) is 33.1 Å².